The minimum atomic E-state index is -0.312. The molecule has 0 saturated heterocycles. The van der Waals surface area contributed by atoms with E-state index in [1.165, 1.54) is 6.92 Å². The number of hydrogen-bond acceptors (Lipinski definition) is 1. The van der Waals surface area contributed by atoms with E-state index < -0.39 is 0 Å². The van der Waals surface area contributed by atoms with Gasteiger partial charge < -0.3 is 4.79 Å². The highest BCUT2D eigenvalue weighted by Gasteiger charge is 2.01. The summed E-state index contributed by atoms with van der Waals surface area (Å²) in [5.74, 6) is 0.198. The predicted molar refractivity (Wildman–Crippen MR) is 35.1 cm³/mol. The molecule has 0 aliphatic heterocycles. The summed E-state index contributed by atoms with van der Waals surface area (Å²) >= 11 is 0. The Labute approximate surface area is 55.3 Å². The molecule has 0 spiro atoms. The number of alkyl halides is 1. The van der Waals surface area contributed by atoms with Gasteiger partial charge in [0.25, 0.3) is 0 Å². The molecule has 0 aromatic carbocycles. The van der Waals surface area contributed by atoms with Crippen molar-refractivity contribution in [2.45, 2.75) is 26.7 Å². The third kappa shape index (κ3) is 5.47. The van der Waals surface area contributed by atoms with Gasteiger partial charge in [-0.2, -0.15) is 0 Å². The fraction of sp³-hybridized carbons (Fsp3) is 0.857. The number of ketones is 1. The lowest BCUT2D eigenvalue weighted by molar-refractivity contribution is -0.117. The second-order valence-electron chi connectivity index (χ2n) is 2.50. The topological polar surface area (TPSA) is 17.1 Å². The van der Waals surface area contributed by atoms with Crippen LogP contribution in [0.25, 0.3) is 0 Å². The highest BCUT2D eigenvalue weighted by molar-refractivity contribution is 5.75. The molecule has 0 heterocycles. The summed E-state index contributed by atoms with van der Waals surface area (Å²) in [6.45, 7) is 3.03. The monoisotopic (exact) mass is 132 g/mol. The van der Waals surface area contributed by atoms with Crippen LogP contribution in [0.3, 0.4) is 0 Å². The molecule has 1 atom stereocenters. The van der Waals surface area contributed by atoms with E-state index in [1.54, 1.807) is 0 Å². The number of Topliss-reactive ketones (excluding diaryl/α,β-unsaturated/α-hetero) is 1. The molecule has 0 rings (SSSR count). The maximum absolute atomic E-state index is 11.7. The quantitative estimate of drug-likeness (QED) is 0.571. The highest BCUT2D eigenvalue weighted by Crippen LogP contribution is 2.05. The zero-order chi connectivity index (χ0) is 7.28. The number of carbonyl (C=O) groups is 1. The summed E-state index contributed by atoms with van der Waals surface area (Å²) in [6, 6.07) is 0. The van der Waals surface area contributed by atoms with Gasteiger partial charge in [0.1, 0.15) is 5.78 Å². The first kappa shape index (κ1) is 8.60. The lowest BCUT2D eigenvalue weighted by Gasteiger charge is -2.01. The van der Waals surface area contributed by atoms with Crippen molar-refractivity contribution in [1.29, 1.82) is 0 Å². The average molecular weight is 132 g/mol. The summed E-state index contributed by atoms with van der Waals surface area (Å²) in [7, 11) is 0. The molecule has 0 radical (unpaired) electrons. The van der Waals surface area contributed by atoms with E-state index in [0.29, 0.717) is 12.8 Å². The first-order valence-corrected chi connectivity index (χ1v) is 3.22. The molecule has 9 heavy (non-hydrogen) atoms. The van der Waals surface area contributed by atoms with E-state index in [9.17, 15) is 9.18 Å². The van der Waals surface area contributed by atoms with Gasteiger partial charge in [0, 0.05) is 6.42 Å². The molecule has 1 unspecified atom stereocenters. The minimum absolute atomic E-state index is 0.0499. The Balaban J connectivity index is 3.16. The van der Waals surface area contributed by atoms with E-state index in [-0.39, 0.29) is 18.4 Å². The number of rotatable bonds is 4. The first-order valence-electron chi connectivity index (χ1n) is 3.22. The van der Waals surface area contributed by atoms with E-state index in [4.69, 9.17) is 0 Å². The van der Waals surface area contributed by atoms with Gasteiger partial charge >= 0.3 is 0 Å². The molecule has 0 aromatic heterocycles. The Bertz CT molecular complexity index is 90.9. The molecule has 0 bridgehead atoms. The van der Waals surface area contributed by atoms with Crippen molar-refractivity contribution in [3.05, 3.63) is 0 Å². The van der Waals surface area contributed by atoms with Gasteiger partial charge in [-0.1, -0.05) is 6.92 Å². The number of hydrogen-bond donors (Lipinski definition) is 0. The smallest absolute Gasteiger partial charge is 0.129 e. The Kier molecular flexibility index (Phi) is 4.28. The normalized spacial score (nSPS) is 13.2. The summed E-state index contributed by atoms with van der Waals surface area (Å²) < 4.78 is 11.7. The fourth-order valence-electron chi connectivity index (χ4n) is 0.527. The van der Waals surface area contributed by atoms with E-state index in [0.717, 1.165) is 0 Å². The van der Waals surface area contributed by atoms with Gasteiger partial charge in [0.2, 0.25) is 0 Å². The summed E-state index contributed by atoms with van der Waals surface area (Å²) in [6.07, 6.45) is 1.21. The Morgan fingerprint density at radius 1 is 1.67 bits per heavy atom. The molecule has 0 N–H and O–H groups in total. The van der Waals surface area contributed by atoms with Gasteiger partial charge in [-0.05, 0) is 19.3 Å². The lowest BCUT2D eigenvalue weighted by Crippen LogP contribution is -1.99. The molecule has 0 aliphatic carbocycles. The second kappa shape index (κ2) is 4.48. The van der Waals surface area contributed by atoms with Crippen LogP contribution in [0.5, 0.6) is 0 Å². The van der Waals surface area contributed by atoms with Crippen molar-refractivity contribution < 1.29 is 9.18 Å². The zero-order valence-corrected chi connectivity index (χ0v) is 5.98. The van der Waals surface area contributed by atoms with Crippen LogP contribution < -0.4 is 0 Å². The Morgan fingerprint density at radius 3 is 2.56 bits per heavy atom. The second-order valence-corrected chi connectivity index (χ2v) is 2.50. The van der Waals surface area contributed by atoms with Crippen LogP contribution in [0.4, 0.5) is 4.39 Å². The van der Waals surface area contributed by atoms with Crippen LogP contribution >= 0.6 is 0 Å². The Morgan fingerprint density at radius 2 is 2.22 bits per heavy atom. The molecular formula is C7H13FO. The van der Waals surface area contributed by atoms with Crippen LogP contribution in [0.1, 0.15) is 26.7 Å². The van der Waals surface area contributed by atoms with Crippen LogP contribution in [0.15, 0.2) is 0 Å². The van der Waals surface area contributed by atoms with Crippen molar-refractivity contribution in [2.24, 2.45) is 5.92 Å². The summed E-state index contributed by atoms with van der Waals surface area (Å²) in [5.41, 5.74) is 0. The molecular weight excluding hydrogens is 119 g/mol. The van der Waals surface area contributed by atoms with E-state index >= 15 is 0 Å². The van der Waals surface area contributed by atoms with Crippen LogP contribution in [-0.4, -0.2) is 12.5 Å². The largest absolute Gasteiger partial charge is 0.300 e. The van der Waals surface area contributed by atoms with Crippen molar-refractivity contribution >= 4 is 5.78 Å². The molecule has 2 heteroatoms. The predicted octanol–water partition coefficient (Wildman–Crippen LogP) is 1.96. The van der Waals surface area contributed by atoms with Crippen molar-refractivity contribution in [2.75, 3.05) is 6.67 Å². The molecule has 0 aromatic rings. The van der Waals surface area contributed by atoms with Crippen LogP contribution in [0, 0.1) is 5.92 Å². The van der Waals surface area contributed by atoms with Gasteiger partial charge in [0.15, 0.2) is 0 Å². The van der Waals surface area contributed by atoms with Crippen molar-refractivity contribution in [1.82, 2.24) is 0 Å². The van der Waals surface area contributed by atoms with Gasteiger partial charge in [-0.25, -0.2) is 0 Å². The maximum Gasteiger partial charge on any atom is 0.129 e. The van der Waals surface area contributed by atoms with Crippen molar-refractivity contribution in [3.8, 4) is 0 Å². The lowest BCUT2D eigenvalue weighted by atomic mass is 10.1. The van der Waals surface area contributed by atoms with Crippen LogP contribution in [0.2, 0.25) is 0 Å². The minimum Gasteiger partial charge on any atom is -0.300 e. The molecule has 0 amide bonds. The number of halogens is 1. The average Bonchev–Trinajstić information content (AvgIpc) is 1.83. The third-order valence-corrected chi connectivity index (χ3v) is 1.25. The summed E-state index contributed by atoms with van der Waals surface area (Å²) in [5, 5.41) is 0. The van der Waals surface area contributed by atoms with Gasteiger partial charge in [-0.3, -0.25) is 4.39 Å². The van der Waals surface area contributed by atoms with E-state index in [1.807, 2.05) is 6.92 Å². The van der Waals surface area contributed by atoms with E-state index in [2.05, 4.69) is 0 Å². The first-order chi connectivity index (χ1) is 4.16. The molecule has 0 aliphatic rings. The highest BCUT2D eigenvalue weighted by atomic mass is 19.1. The fourth-order valence-corrected chi connectivity index (χ4v) is 0.527. The molecule has 1 nitrogen and oxygen atoms in total. The summed E-state index contributed by atoms with van der Waals surface area (Å²) in [4.78, 5) is 10.3. The van der Waals surface area contributed by atoms with Crippen LogP contribution in [-0.2, 0) is 4.79 Å². The van der Waals surface area contributed by atoms with Gasteiger partial charge in [-0.15, -0.1) is 0 Å². The molecule has 0 saturated carbocycles. The SMILES string of the molecule is CC(=O)CCC(C)CF. The molecule has 0 fully saturated rings. The standard InChI is InChI=1S/C7H13FO/c1-6(5-8)3-4-7(2)9/h6H,3-5H2,1-2H3. The van der Waals surface area contributed by atoms with Crippen molar-refractivity contribution in [3.63, 3.8) is 0 Å². The molecule has 54 valence electrons. The van der Waals surface area contributed by atoms with Gasteiger partial charge in [0.05, 0.1) is 6.67 Å². The zero-order valence-electron chi connectivity index (χ0n) is 5.98. The number of carbonyl (C=O) groups excluding carboxylic acids is 1. The third-order valence-electron chi connectivity index (χ3n) is 1.25. The Hall–Kier alpha value is -0.400. The maximum atomic E-state index is 11.7.